The van der Waals surface area contributed by atoms with Crippen LogP contribution < -0.4 is 10.2 Å². The lowest BCUT2D eigenvalue weighted by Crippen LogP contribution is -2.17. The lowest BCUT2D eigenvalue weighted by atomic mass is 10.2. The second kappa shape index (κ2) is 8.58. The number of ether oxygens (including phenoxy) is 1. The minimum Gasteiger partial charge on any atom is -0.486 e. The minimum atomic E-state index is -0.325. The van der Waals surface area contributed by atoms with Crippen LogP contribution in [-0.2, 0) is 6.61 Å². The highest BCUT2D eigenvalue weighted by Crippen LogP contribution is 2.15. The van der Waals surface area contributed by atoms with Crippen LogP contribution in [0.1, 0.15) is 21.7 Å². The second-order valence-corrected chi connectivity index (χ2v) is 6.70. The quantitative estimate of drug-likeness (QED) is 0.365. The second-order valence-electron chi connectivity index (χ2n) is 6.27. The van der Waals surface area contributed by atoms with Crippen LogP contribution in [0.5, 0.6) is 5.75 Å². The average molecular weight is 405 g/mol. The Kier molecular flexibility index (Phi) is 5.54. The van der Waals surface area contributed by atoms with Crippen molar-refractivity contribution in [2.24, 2.45) is 5.10 Å². The van der Waals surface area contributed by atoms with Crippen molar-refractivity contribution < 1.29 is 9.53 Å². The van der Waals surface area contributed by atoms with Crippen LogP contribution in [0.25, 0.3) is 11.0 Å². The van der Waals surface area contributed by atoms with Crippen LogP contribution in [0, 0.1) is 0 Å². The number of nitrogens with zero attached hydrogens (tertiary/aromatic N) is 2. The summed E-state index contributed by atoms with van der Waals surface area (Å²) in [5, 5.41) is 4.47. The third kappa shape index (κ3) is 4.80. The third-order valence-electron chi connectivity index (χ3n) is 4.16. The molecule has 0 aliphatic heterocycles. The number of fused-ring (bicyclic) bond motifs is 1. The van der Waals surface area contributed by atoms with Gasteiger partial charge in [0, 0.05) is 10.6 Å². The molecule has 144 valence electrons. The number of aromatic amines is 1. The van der Waals surface area contributed by atoms with E-state index in [1.807, 2.05) is 48.5 Å². The predicted molar refractivity (Wildman–Crippen MR) is 113 cm³/mol. The lowest BCUT2D eigenvalue weighted by Gasteiger charge is -2.04. The fourth-order valence-electron chi connectivity index (χ4n) is 2.74. The number of halogens is 1. The average Bonchev–Trinajstić information content (AvgIpc) is 3.16. The zero-order valence-electron chi connectivity index (χ0n) is 15.3. The van der Waals surface area contributed by atoms with Gasteiger partial charge in [0.1, 0.15) is 18.2 Å². The molecule has 29 heavy (non-hydrogen) atoms. The number of nitrogens with one attached hydrogen (secondary N) is 2. The Balaban J connectivity index is 1.31. The van der Waals surface area contributed by atoms with Gasteiger partial charge in [-0.25, -0.2) is 10.4 Å². The number of aromatic nitrogens is 2. The summed E-state index contributed by atoms with van der Waals surface area (Å²) in [5.41, 5.74) is 5.65. The van der Waals surface area contributed by atoms with Crippen molar-refractivity contribution in [1.82, 2.24) is 15.4 Å². The minimum absolute atomic E-state index is 0.325. The molecule has 0 radical (unpaired) electrons. The highest BCUT2D eigenvalue weighted by atomic mass is 35.5. The largest absolute Gasteiger partial charge is 0.486 e. The molecule has 7 heteroatoms. The van der Waals surface area contributed by atoms with E-state index in [0.717, 1.165) is 22.4 Å². The molecule has 0 saturated carbocycles. The molecule has 6 nitrogen and oxygen atoms in total. The SMILES string of the molecule is O=C(N/N=C\c1ccc(OCc2nc3ccccc3[nH]2)cc1)c1cccc(Cl)c1. The molecule has 0 atom stereocenters. The fraction of sp³-hybridized carbons (Fsp3) is 0.0455. The smallest absolute Gasteiger partial charge is 0.271 e. The number of benzene rings is 3. The van der Waals surface area contributed by atoms with Crippen LogP contribution in [0.2, 0.25) is 5.02 Å². The number of rotatable bonds is 6. The van der Waals surface area contributed by atoms with Crippen LogP contribution in [0.15, 0.2) is 77.9 Å². The summed E-state index contributed by atoms with van der Waals surface area (Å²) >= 11 is 5.88. The molecular weight excluding hydrogens is 388 g/mol. The molecule has 0 aliphatic rings. The first kappa shape index (κ1) is 18.7. The van der Waals surface area contributed by atoms with Gasteiger partial charge in [-0.1, -0.05) is 29.8 Å². The van der Waals surface area contributed by atoms with Crippen LogP contribution in [0.3, 0.4) is 0 Å². The van der Waals surface area contributed by atoms with E-state index in [4.69, 9.17) is 16.3 Å². The van der Waals surface area contributed by atoms with Crippen molar-refractivity contribution in [3.8, 4) is 5.75 Å². The van der Waals surface area contributed by atoms with E-state index in [2.05, 4.69) is 20.5 Å². The molecule has 0 fully saturated rings. The maximum absolute atomic E-state index is 12.0. The summed E-state index contributed by atoms with van der Waals surface area (Å²) in [6, 6.07) is 21.9. The first-order chi connectivity index (χ1) is 14.2. The van der Waals surface area contributed by atoms with Gasteiger partial charge in [-0.05, 0) is 60.2 Å². The topological polar surface area (TPSA) is 79.4 Å². The van der Waals surface area contributed by atoms with Crippen LogP contribution >= 0.6 is 11.6 Å². The van der Waals surface area contributed by atoms with Crippen molar-refractivity contribution in [3.05, 3.63) is 94.8 Å². The Morgan fingerprint density at radius 2 is 1.93 bits per heavy atom. The highest BCUT2D eigenvalue weighted by molar-refractivity contribution is 6.30. The van der Waals surface area contributed by atoms with E-state index < -0.39 is 0 Å². The number of H-pyrrole nitrogens is 1. The first-order valence-corrected chi connectivity index (χ1v) is 9.31. The number of carbonyl (C=O) groups excluding carboxylic acids is 1. The van der Waals surface area contributed by atoms with E-state index in [1.165, 1.54) is 0 Å². The summed E-state index contributed by atoms with van der Waals surface area (Å²) in [4.78, 5) is 19.7. The van der Waals surface area contributed by atoms with E-state index in [1.54, 1.807) is 30.5 Å². The van der Waals surface area contributed by atoms with Gasteiger partial charge in [0.15, 0.2) is 0 Å². The van der Waals surface area contributed by atoms with Gasteiger partial charge < -0.3 is 9.72 Å². The van der Waals surface area contributed by atoms with Crippen molar-refractivity contribution in [1.29, 1.82) is 0 Å². The molecule has 0 saturated heterocycles. The maximum atomic E-state index is 12.0. The first-order valence-electron chi connectivity index (χ1n) is 8.93. The zero-order chi connectivity index (χ0) is 20.1. The molecule has 1 amide bonds. The van der Waals surface area contributed by atoms with Gasteiger partial charge in [0.25, 0.3) is 5.91 Å². The standard InChI is InChI=1S/C22H17ClN4O2/c23-17-5-3-4-16(12-17)22(28)27-24-13-15-8-10-18(11-9-15)29-14-21-25-19-6-1-2-7-20(19)26-21/h1-13H,14H2,(H,25,26)(H,27,28)/b24-13-. The molecular formula is C22H17ClN4O2. The summed E-state index contributed by atoms with van der Waals surface area (Å²) in [7, 11) is 0. The number of carbonyl (C=O) groups is 1. The summed E-state index contributed by atoms with van der Waals surface area (Å²) in [5.74, 6) is 1.15. The highest BCUT2D eigenvalue weighted by Gasteiger charge is 2.04. The molecule has 0 unspecified atom stereocenters. The number of amides is 1. The van der Waals surface area contributed by atoms with Crippen LogP contribution in [0.4, 0.5) is 0 Å². The van der Waals surface area contributed by atoms with Crippen LogP contribution in [-0.4, -0.2) is 22.1 Å². The van der Waals surface area contributed by atoms with E-state index in [9.17, 15) is 4.79 Å². The van der Waals surface area contributed by atoms with Gasteiger partial charge in [0.2, 0.25) is 0 Å². The Labute approximate surface area is 172 Å². The normalized spacial score (nSPS) is 11.1. The number of hydrogen-bond donors (Lipinski definition) is 2. The van der Waals surface area contributed by atoms with Gasteiger partial charge >= 0.3 is 0 Å². The molecule has 0 spiro atoms. The number of para-hydroxylation sites is 2. The number of imidazole rings is 1. The van der Waals surface area contributed by atoms with Gasteiger partial charge in [-0.3, -0.25) is 4.79 Å². The molecule has 1 heterocycles. The molecule has 3 aromatic carbocycles. The van der Waals surface area contributed by atoms with E-state index in [-0.39, 0.29) is 5.91 Å². The molecule has 4 rings (SSSR count). The summed E-state index contributed by atoms with van der Waals surface area (Å²) < 4.78 is 5.77. The Morgan fingerprint density at radius 1 is 1.10 bits per heavy atom. The Morgan fingerprint density at radius 3 is 2.72 bits per heavy atom. The van der Waals surface area contributed by atoms with Crippen molar-refractivity contribution in [2.45, 2.75) is 6.61 Å². The molecule has 0 aliphatic carbocycles. The molecule has 4 aromatic rings. The summed E-state index contributed by atoms with van der Waals surface area (Å²) in [6.07, 6.45) is 1.56. The maximum Gasteiger partial charge on any atom is 0.271 e. The summed E-state index contributed by atoms with van der Waals surface area (Å²) in [6.45, 7) is 0.345. The Bertz CT molecular complexity index is 1140. The van der Waals surface area contributed by atoms with Crippen molar-refractivity contribution >= 4 is 34.8 Å². The Hall–Kier alpha value is -3.64. The fourth-order valence-corrected chi connectivity index (χ4v) is 2.93. The van der Waals surface area contributed by atoms with E-state index in [0.29, 0.717) is 22.9 Å². The van der Waals surface area contributed by atoms with Gasteiger partial charge in [-0.2, -0.15) is 5.10 Å². The zero-order valence-corrected chi connectivity index (χ0v) is 16.1. The number of hydrogen-bond acceptors (Lipinski definition) is 4. The molecule has 2 N–H and O–H groups in total. The van der Waals surface area contributed by atoms with Crippen molar-refractivity contribution in [2.75, 3.05) is 0 Å². The van der Waals surface area contributed by atoms with E-state index >= 15 is 0 Å². The number of hydrazone groups is 1. The van der Waals surface area contributed by atoms with Crippen molar-refractivity contribution in [3.63, 3.8) is 0 Å². The molecule has 0 bridgehead atoms. The monoisotopic (exact) mass is 404 g/mol. The lowest BCUT2D eigenvalue weighted by molar-refractivity contribution is 0.0955. The van der Waals surface area contributed by atoms with Gasteiger partial charge in [0.05, 0.1) is 17.2 Å². The third-order valence-corrected chi connectivity index (χ3v) is 4.40. The predicted octanol–water partition coefficient (Wildman–Crippen LogP) is 4.56. The van der Waals surface area contributed by atoms with Gasteiger partial charge in [-0.15, -0.1) is 0 Å². The molecule has 1 aromatic heterocycles.